The Kier molecular flexibility index (Phi) is 6.32. The number of halogens is 1. The standard InChI is InChI=1S/C15H21NO2.ClH/c1-12-11-16(10-8-15(17)18)9-7-14(12)13-5-3-2-4-6-13;/h2-6,12,14H,7-11H2,1H3,(H,17,18);1H. The summed E-state index contributed by atoms with van der Waals surface area (Å²) in [6, 6.07) is 10.6. The zero-order valence-electron chi connectivity index (χ0n) is 11.3. The minimum absolute atomic E-state index is 0. The molecule has 1 fully saturated rings. The first-order valence-corrected chi connectivity index (χ1v) is 6.66. The number of hydrogen-bond donors (Lipinski definition) is 1. The number of likely N-dealkylation sites (tertiary alicyclic amines) is 1. The van der Waals surface area contributed by atoms with E-state index in [2.05, 4.69) is 42.2 Å². The van der Waals surface area contributed by atoms with E-state index in [0.29, 0.717) is 18.4 Å². The Hall–Kier alpha value is -1.06. The molecule has 19 heavy (non-hydrogen) atoms. The molecular formula is C15H22ClNO2. The molecular weight excluding hydrogens is 262 g/mol. The maximum Gasteiger partial charge on any atom is 0.304 e. The molecule has 1 aromatic carbocycles. The van der Waals surface area contributed by atoms with Crippen molar-refractivity contribution in [1.29, 1.82) is 0 Å². The summed E-state index contributed by atoms with van der Waals surface area (Å²) < 4.78 is 0. The molecule has 0 saturated carbocycles. The molecule has 1 aromatic rings. The second-order valence-electron chi connectivity index (χ2n) is 5.23. The molecule has 106 valence electrons. The Morgan fingerprint density at radius 2 is 2.05 bits per heavy atom. The van der Waals surface area contributed by atoms with Crippen molar-refractivity contribution in [3.8, 4) is 0 Å². The molecule has 0 spiro atoms. The molecule has 1 saturated heterocycles. The third-order valence-corrected chi connectivity index (χ3v) is 3.86. The van der Waals surface area contributed by atoms with Crippen molar-refractivity contribution in [3.63, 3.8) is 0 Å². The maximum atomic E-state index is 10.6. The molecule has 1 N–H and O–H groups in total. The number of hydrogen-bond acceptors (Lipinski definition) is 2. The fourth-order valence-electron chi connectivity index (χ4n) is 2.88. The molecule has 2 unspecified atom stereocenters. The van der Waals surface area contributed by atoms with E-state index in [1.54, 1.807) is 0 Å². The highest BCUT2D eigenvalue weighted by atomic mass is 35.5. The maximum absolute atomic E-state index is 10.6. The number of rotatable bonds is 4. The van der Waals surface area contributed by atoms with Crippen LogP contribution in [0.3, 0.4) is 0 Å². The summed E-state index contributed by atoms with van der Waals surface area (Å²) in [5.74, 6) is 0.509. The molecule has 0 radical (unpaired) electrons. The first-order chi connectivity index (χ1) is 8.66. The van der Waals surface area contributed by atoms with Crippen molar-refractivity contribution in [2.24, 2.45) is 5.92 Å². The summed E-state index contributed by atoms with van der Waals surface area (Å²) in [6.07, 6.45) is 1.38. The van der Waals surface area contributed by atoms with Crippen LogP contribution < -0.4 is 0 Å². The number of piperidine rings is 1. The van der Waals surface area contributed by atoms with Gasteiger partial charge in [0.05, 0.1) is 6.42 Å². The van der Waals surface area contributed by atoms with E-state index < -0.39 is 5.97 Å². The molecule has 1 heterocycles. The minimum atomic E-state index is -0.701. The monoisotopic (exact) mass is 283 g/mol. The van der Waals surface area contributed by atoms with Crippen molar-refractivity contribution in [1.82, 2.24) is 4.90 Å². The van der Waals surface area contributed by atoms with Gasteiger partial charge >= 0.3 is 5.97 Å². The highest BCUT2D eigenvalue weighted by Gasteiger charge is 2.26. The van der Waals surface area contributed by atoms with Crippen LogP contribution in [0.1, 0.15) is 31.2 Å². The predicted octanol–water partition coefficient (Wildman–Crippen LogP) is 3.01. The van der Waals surface area contributed by atoms with Crippen LogP contribution in [0, 0.1) is 5.92 Å². The van der Waals surface area contributed by atoms with Gasteiger partial charge in [0, 0.05) is 13.1 Å². The number of carboxylic acid groups (broad SMARTS) is 1. The molecule has 3 nitrogen and oxygen atoms in total. The Labute approximate surface area is 121 Å². The molecule has 2 atom stereocenters. The van der Waals surface area contributed by atoms with Crippen LogP contribution in [0.5, 0.6) is 0 Å². The smallest absolute Gasteiger partial charge is 0.304 e. The molecule has 4 heteroatoms. The lowest BCUT2D eigenvalue weighted by atomic mass is 9.81. The highest BCUT2D eigenvalue weighted by molar-refractivity contribution is 5.85. The second kappa shape index (κ2) is 7.51. The van der Waals surface area contributed by atoms with E-state index in [1.165, 1.54) is 5.56 Å². The van der Waals surface area contributed by atoms with Crippen LogP contribution in [0.2, 0.25) is 0 Å². The third kappa shape index (κ3) is 4.51. The Morgan fingerprint density at radius 1 is 1.37 bits per heavy atom. The fraction of sp³-hybridized carbons (Fsp3) is 0.533. The molecule has 0 aromatic heterocycles. The van der Waals surface area contributed by atoms with Crippen LogP contribution in [-0.4, -0.2) is 35.6 Å². The average Bonchev–Trinajstić information content (AvgIpc) is 2.37. The summed E-state index contributed by atoms with van der Waals surface area (Å²) in [5, 5.41) is 8.71. The predicted molar refractivity (Wildman–Crippen MR) is 78.9 cm³/mol. The molecule has 0 bridgehead atoms. The summed E-state index contributed by atoms with van der Waals surface area (Å²) >= 11 is 0. The molecule has 0 amide bonds. The van der Waals surface area contributed by atoms with Crippen molar-refractivity contribution < 1.29 is 9.90 Å². The summed E-state index contributed by atoms with van der Waals surface area (Å²) in [5.41, 5.74) is 1.42. The van der Waals surface area contributed by atoms with Gasteiger partial charge in [-0.2, -0.15) is 0 Å². The van der Waals surface area contributed by atoms with Gasteiger partial charge < -0.3 is 10.0 Å². The first kappa shape index (κ1) is 16.0. The van der Waals surface area contributed by atoms with Gasteiger partial charge in [0.25, 0.3) is 0 Å². The van der Waals surface area contributed by atoms with Gasteiger partial charge in [0.2, 0.25) is 0 Å². The van der Waals surface area contributed by atoms with Crippen molar-refractivity contribution in [2.75, 3.05) is 19.6 Å². The van der Waals surface area contributed by atoms with Crippen LogP contribution >= 0.6 is 12.4 Å². The van der Waals surface area contributed by atoms with E-state index in [0.717, 1.165) is 19.5 Å². The van der Waals surface area contributed by atoms with Crippen LogP contribution in [0.25, 0.3) is 0 Å². The average molecular weight is 284 g/mol. The van der Waals surface area contributed by atoms with Gasteiger partial charge in [0.1, 0.15) is 0 Å². The van der Waals surface area contributed by atoms with Crippen LogP contribution in [0.4, 0.5) is 0 Å². The van der Waals surface area contributed by atoms with E-state index >= 15 is 0 Å². The van der Waals surface area contributed by atoms with E-state index in [1.807, 2.05) is 0 Å². The van der Waals surface area contributed by atoms with E-state index in [-0.39, 0.29) is 18.8 Å². The van der Waals surface area contributed by atoms with Gasteiger partial charge in [-0.25, -0.2) is 0 Å². The quantitative estimate of drug-likeness (QED) is 0.923. The van der Waals surface area contributed by atoms with Gasteiger partial charge in [-0.15, -0.1) is 12.4 Å². The molecule has 1 aliphatic heterocycles. The van der Waals surface area contributed by atoms with Crippen LogP contribution in [-0.2, 0) is 4.79 Å². The molecule has 0 aliphatic carbocycles. The van der Waals surface area contributed by atoms with Gasteiger partial charge in [-0.05, 0) is 30.4 Å². The summed E-state index contributed by atoms with van der Waals surface area (Å²) in [6.45, 7) is 4.97. The summed E-state index contributed by atoms with van der Waals surface area (Å²) in [7, 11) is 0. The Morgan fingerprint density at radius 3 is 2.63 bits per heavy atom. The van der Waals surface area contributed by atoms with Gasteiger partial charge in [-0.1, -0.05) is 37.3 Å². The SMILES string of the molecule is CC1CN(CCC(=O)O)CCC1c1ccccc1.Cl. The topological polar surface area (TPSA) is 40.5 Å². The fourth-order valence-corrected chi connectivity index (χ4v) is 2.88. The molecule has 2 rings (SSSR count). The Balaban J connectivity index is 0.00000180. The number of nitrogens with zero attached hydrogens (tertiary/aromatic N) is 1. The van der Waals surface area contributed by atoms with Gasteiger partial charge in [0.15, 0.2) is 0 Å². The summed E-state index contributed by atoms with van der Waals surface area (Å²) in [4.78, 5) is 12.9. The number of carboxylic acids is 1. The highest BCUT2D eigenvalue weighted by Crippen LogP contribution is 2.32. The van der Waals surface area contributed by atoms with E-state index in [4.69, 9.17) is 5.11 Å². The zero-order valence-corrected chi connectivity index (χ0v) is 12.1. The van der Waals surface area contributed by atoms with Crippen molar-refractivity contribution >= 4 is 18.4 Å². The number of carbonyl (C=O) groups is 1. The third-order valence-electron chi connectivity index (χ3n) is 3.86. The van der Waals surface area contributed by atoms with Gasteiger partial charge in [-0.3, -0.25) is 4.79 Å². The minimum Gasteiger partial charge on any atom is -0.481 e. The van der Waals surface area contributed by atoms with Crippen molar-refractivity contribution in [2.45, 2.75) is 25.7 Å². The number of benzene rings is 1. The lowest BCUT2D eigenvalue weighted by Crippen LogP contribution is -2.39. The molecule has 1 aliphatic rings. The van der Waals surface area contributed by atoms with Crippen LogP contribution in [0.15, 0.2) is 30.3 Å². The largest absolute Gasteiger partial charge is 0.481 e. The van der Waals surface area contributed by atoms with Crippen molar-refractivity contribution in [3.05, 3.63) is 35.9 Å². The zero-order chi connectivity index (χ0) is 13.0. The Bertz CT molecular complexity index is 396. The van der Waals surface area contributed by atoms with E-state index in [9.17, 15) is 4.79 Å². The normalized spacial score (nSPS) is 23.6. The lowest BCUT2D eigenvalue weighted by molar-refractivity contribution is -0.137. The first-order valence-electron chi connectivity index (χ1n) is 6.66. The second-order valence-corrected chi connectivity index (χ2v) is 5.23. The lowest BCUT2D eigenvalue weighted by Gasteiger charge is -2.37. The number of aliphatic carboxylic acids is 1.